The van der Waals surface area contributed by atoms with E-state index in [2.05, 4.69) is 55.3 Å². The van der Waals surface area contributed by atoms with Crippen molar-refractivity contribution < 1.29 is 4.79 Å². The van der Waals surface area contributed by atoms with Crippen LogP contribution in [0.3, 0.4) is 0 Å². The highest BCUT2D eigenvalue weighted by Gasteiger charge is 2.53. The third-order valence-corrected chi connectivity index (χ3v) is 11.4. The van der Waals surface area contributed by atoms with E-state index in [0.717, 1.165) is 5.16 Å². The first-order valence-electron chi connectivity index (χ1n) is 7.40. The first-order valence-corrected chi connectivity index (χ1v) is 11.2. The Bertz CT molecular complexity index is 515. The van der Waals surface area contributed by atoms with Gasteiger partial charge >= 0.3 is 0 Å². The normalized spacial score (nSPS) is 21.1. The number of rotatable bonds is 4. The van der Waals surface area contributed by atoms with Gasteiger partial charge in [0.05, 0.1) is 0 Å². The number of β-lactam (4-membered cyclic amide) rings is 1. The fourth-order valence-corrected chi connectivity index (χ4v) is 6.14. The monoisotopic (exact) mass is 323 g/mol. The zero-order chi connectivity index (χ0) is 15.8. The summed E-state index contributed by atoms with van der Waals surface area (Å²) < 4.78 is 2.20. The molecule has 1 unspecified atom stereocenters. The molecule has 21 heavy (non-hydrogen) atoms. The number of carbonyl (C=O) groups is 1. The van der Waals surface area contributed by atoms with Crippen molar-refractivity contribution in [3.8, 4) is 0 Å². The minimum Gasteiger partial charge on any atom is -0.365 e. The van der Waals surface area contributed by atoms with Crippen LogP contribution in [-0.2, 0) is 4.79 Å². The molecule has 1 saturated heterocycles. The summed E-state index contributed by atoms with van der Waals surface area (Å²) in [6.07, 6.45) is 4.19. The van der Waals surface area contributed by atoms with Gasteiger partial charge in [-0.25, -0.2) is 9.97 Å². The molecule has 0 saturated carbocycles. The van der Waals surface area contributed by atoms with E-state index >= 15 is 0 Å². The highest BCUT2D eigenvalue weighted by Crippen LogP contribution is 2.45. The molecule has 1 amide bonds. The van der Waals surface area contributed by atoms with Gasteiger partial charge in [0.15, 0.2) is 13.4 Å². The molecule has 1 aromatic rings. The van der Waals surface area contributed by atoms with E-state index in [1.165, 1.54) is 0 Å². The summed E-state index contributed by atoms with van der Waals surface area (Å²) in [5.41, 5.74) is 0. The second-order valence-corrected chi connectivity index (χ2v) is 13.6. The Hall–Kier alpha value is -0.883. The SMILES string of the molecule is C[C@@H](Sc1ncccn1)C1CC(=O)N1[Si](C)(C)C(C)(C)C. The van der Waals surface area contributed by atoms with E-state index in [4.69, 9.17) is 0 Å². The Balaban J connectivity index is 2.12. The van der Waals surface area contributed by atoms with Gasteiger partial charge in [0, 0.05) is 30.1 Å². The molecule has 2 heterocycles. The quantitative estimate of drug-likeness (QED) is 0.368. The van der Waals surface area contributed by atoms with Crippen LogP contribution in [0.2, 0.25) is 18.1 Å². The average molecular weight is 324 g/mol. The van der Waals surface area contributed by atoms with Gasteiger partial charge in [-0.3, -0.25) is 4.79 Å². The summed E-state index contributed by atoms with van der Waals surface area (Å²) in [5.74, 6) is 0.313. The summed E-state index contributed by atoms with van der Waals surface area (Å²) in [5, 5.41) is 1.29. The zero-order valence-corrected chi connectivity index (χ0v) is 15.6. The van der Waals surface area contributed by atoms with Crippen molar-refractivity contribution in [2.75, 3.05) is 0 Å². The van der Waals surface area contributed by atoms with Gasteiger partial charge in [0.1, 0.15) is 0 Å². The van der Waals surface area contributed by atoms with Crippen LogP contribution in [0.25, 0.3) is 0 Å². The molecule has 0 aromatic carbocycles. The Kier molecular flexibility index (Phi) is 4.49. The lowest BCUT2D eigenvalue weighted by Gasteiger charge is -2.56. The lowest BCUT2D eigenvalue weighted by atomic mass is 10.0. The molecule has 2 rings (SSSR count). The summed E-state index contributed by atoms with van der Waals surface area (Å²) >= 11 is 1.67. The molecule has 0 aliphatic carbocycles. The molecule has 2 atom stereocenters. The van der Waals surface area contributed by atoms with Gasteiger partial charge in [-0.1, -0.05) is 52.6 Å². The average Bonchev–Trinajstić information content (AvgIpc) is 2.34. The molecule has 1 fully saturated rings. The Labute approximate surface area is 132 Å². The van der Waals surface area contributed by atoms with Crippen LogP contribution < -0.4 is 0 Å². The maximum Gasteiger partial charge on any atom is 0.217 e. The molecule has 1 aromatic heterocycles. The van der Waals surface area contributed by atoms with Gasteiger partial charge in [-0.15, -0.1) is 0 Å². The highest BCUT2D eigenvalue weighted by atomic mass is 32.2. The van der Waals surface area contributed by atoms with E-state index in [9.17, 15) is 4.79 Å². The Morgan fingerprint density at radius 3 is 2.38 bits per heavy atom. The topological polar surface area (TPSA) is 46.1 Å². The van der Waals surface area contributed by atoms with Gasteiger partial charge in [0.2, 0.25) is 5.91 Å². The molecule has 116 valence electrons. The van der Waals surface area contributed by atoms with Crippen LogP contribution in [0.5, 0.6) is 0 Å². The van der Waals surface area contributed by atoms with Crippen LogP contribution in [-0.4, -0.2) is 40.0 Å². The first-order chi connectivity index (χ1) is 9.64. The minimum absolute atomic E-state index is 0.176. The smallest absolute Gasteiger partial charge is 0.217 e. The Morgan fingerprint density at radius 1 is 1.33 bits per heavy atom. The van der Waals surface area contributed by atoms with Crippen molar-refractivity contribution >= 4 is 25.9 Å². The molecule has 4 nitrogen and oxygen atoms in total. The maximum atomic E-state index is 12.2. The second-order valence-electron chi connectivity index (χ2n) is 7.20. The number of hydrogen-bond donors (Lipinski definition) is 0. The van der Waals surface area contributed by atoms with Gasteiger partial charge in [0.25, 0.3) is 0 Å². The first kappa shape index (κ1) is 16.5. The third kappa shape index (κ3) is 3.16. The maximum absolute atomic E-state index is 12.2. The van der Waals surface area contributed by atoms with Gasteiger partial charge < -0.3 is 4.57 Å². The number of amides is 1. The van der Waals surface area contributed by atoms with E-state index in [1.807, 2.05) is 6.07 Å². The largest absolute Gasteiger partial charge is 0.365 e. The Morgan fingerprint density at radius 2 is 1.90 bits per heavy atom. The molecule has 0 radical (unpaired) electrons. The number of carbonyl (C=O) groups excluding carboxylic acids is 1. The molecule has 6 heteroatoms. The third-order valence-electron chi connectivity index (χ3n) is 4.80. The molecular weight excluding hydrogens is 298 g/mol. The van der Waals surface area contributed by atoms with Crippen LogP contribution in [0.1, 0.15) is 34.1 Å². The van der Waals surface area contributed by atoms with E-state index < -0.39 is 8.24 Å². The van der Waals surface area contributed by atoms with Crippen molar-refractivity contribution in [1.29, 1.82) is 0 Å². The predicted octanol–water partition coefficient (Wildman–Crippen LogP) is 3.56. The van der Waals surface area contributed by atoms with Crippen LogP contribution >= 0.6 is 11.8 Å². The zero-order valence-electron chi connectivity index (χ0n) is 13.8. The van der Waals surface area contributed by atoms with Crippen molar-refractivity contribution in [2.45, 2.75) is 68.7 Å². The van der Waals surface area contributed by atoms with Crippen LogP contribution in [0.4, 0.5) is 0 Å². The van der Waals surface area contributed by atoms with E-state index in [1.54, 1.807) is 24.2 Å². The second kappa shape index (κ2) is 5.72. The summed E-state index contributed by atoms with van der Waals surface area (Å²) in [6.45, 7) is 13.5. The van der Waals surface area contributed by atoms with Gasteiger partial charge in [-0.05, 0) is 11.1 Å². The number of nitrogens with zero attached hydrogens (tertiary/aromatic N) is 3. The number of aromatic nitrogens is 2. The molecule has 0 N–H and O–H groups in total. The minimum atomic E-state index is -1.80. The standard InChI is InChI=1S/C15H25N3OSSi/c1-11(20-14-16-8-7-9-17-14)12-10-13(19)18(12)21(5,6)15(2,3)4/h7-9,11-12H,10H2,1-6H3/t11-,12?/m1/s1. The molecule has 0 bridgehead atoms. The fraction of sp³-hybridized carbons (Fsp3) is 0.667. The van der Waals surface area contributed by atoms with Crippen molar-refractivity contribution in [2.24, 2.45) is 0 Å². The van der Waals surface area contributed by atoms with Crippen molar-refractivity contribution in [1.82, 2.24) is 14.5 Å². The molecule has 0 spiro atoms. The van der Waals surface area contributed by atoms with E-state index in [0.29, 0.717) is 23.6 Å². The summed E-state index contributed by atoms with van der Waals surface area (Å²) in [6, 6.07) is 2.14. The van der Waals surface area contributed by atoms with Crippen molar-refractivity contribution in [3.63, 3.8) is 0 Å². The fourth-order valence-electron chi connectivity index (χ4n) is 2.50. The van der Waals surface area contributed by atoms with Crippen molar-refractivity contribution in [3.05, 3.63) is 18.5 Å². The van der Waals surface area contributed by atoms with Crippen LogP contribution in [0, 0.1) is 0 Å². The predicted molar refractivity (Wildman–Crippen MR) is 89.8 cm³/mol. The van der Waals surface area contributed by atoms with Crippen LogP contribution in [0.15, 0.2) is 23.6 Å². The lowest BCUT2D eigenvalue weighted by molar-refractivity contribution is -0.138. The highest BCUT2D eigenvalue weighted by molar-refractivity contribution is 7.99. The molecule has 1 aliphatic rings. The summed E-state index contributed by atoms with van der Waals surface area (Å²) in [4.78, 5) is 20.8. The molecular formula is C15H25N3OSSi. The molecule has 1 aliphatic heterocycles. The number of thioether (sulfide) groups is 1. The van der Waals surface area contributed by atoms with E-state index in [-0.39, 0.29) is 5.04 Å². The van der Waals surface area contributed by atoms with Gasteiger partial charge in [-0.2, -0.15) is 0 Å². The summed E-state index contributed by atoms with van der Waals surface area (Å²) in [7, 11) is -1.80. The lowest BCUT2D eigenvalue weighted by Crippen LogP contribution is -2.70. The number of hydrogen-bond acceptors (Lipinski definition) is 4.